The van der Waals surface area contributed by atoms with Gasteiger partial charge in [0.2, 0.25) is 15.9 Å². The maximum absolute atomic E-state index is 13.5. The van der Waals surface area contributed by atoms with Crippen LogP contribution in [0.1, 0.15) is 38.4 Å². The number of hydrogen-bond acceptors (Lipinski definition) is 5. The molecule has 2 heterocycles. The van der Waals surface area contributed by atoms with E-state index in [-0.39, 0.29) is 29.8 Å². The Balaban J connectivity index is 1.43. The molecule has 0 aliphatic carbocycles. The molecule has 0 spiro atoms. The highest BCUT2D eigenvalue weighted by Crippen LogP contribution is 2.29. The number of para-hydroxylation sites is 1. The van der Waals surface area contributed by atoms with E-state index in [1.54, 1.807) is 12.1 Å². The molecule has 0 bridgehead atoms. The quantitative estimate of drug-likeness (QED) is 0.546. The van der Waals surface area contributed by atoms with Gasteiger partial charge in [-0.3, -0.25) is 9.89 Å². The van der Waals surface area contributed by atoms with Crippen LogP contribution in [0.15, 0.2) is 47.4 Å². The second-order valence-corrected chi connectivity index (χ2v) is 10.4. The number of rotatable bonds is 6. The molecule has 8 nitrogen and oxygen atoms in total. The smallest absolute Gasteiger partial charge is 0.243 e. The Labute approximate surface area is 196 Å². The van der Waals surface area contributed by atoms with Crippen molar-refractivity contribution in [3.63, 3.8) is 0 Å². The summed E-state index contributed by atoms with van der Waals surface area (Å²) in [6.45, 7) is 4.19. The molecule has 11 heteroatoms. The molecule has 34 heavy (non-hydrogen) atoms. The van der Waals surface area contributed by atoms with E-state index in [2.05, 4.69) is 20.5 Å². The van der Waals surface area contributed by atoms with Gasteiger partial charge in [0.05, 0.1) is 10.6 Å². The lowest BCUT2D eigenvalue weighted by Crippen LogP contribution is -2.41. The molecule has 1 saturated heterocycles. The Kier molecular flexibility index (Phi) is 6.76. The first-order valence-corrected chi connectivity index (χ1v) is 12.4. The number of aromatic amines is 1. The largest absolute Gasteiger partial charge is 0.325 e. The summed E-state index contributed by atoms with van der Waals surface area (Å²) in [5, 5.41) is 10.1. The van der Waals surface area contributed by atoms with Gasteiger partial charge < -0.3 is 5.32 Å². The lowest BCUT2D eigenvalue weighted by atomic mass is 9.97. The SMILES string of the molecule is CC(C)c1nc(-c2ccccc2NC(=O)C2CCN(S(=O)(=O)c3ccc(F)c(F)c3)CC2)n[nH]1. The molecular weight excluding hydrogens is 464 g/mol. The van der Waals surface area contributed by atoms with Gasteiger partial charge in [0.1, 0.15) is 5.82 Å². The number of carbonyl (C=O) groups is 1. The minimum Gasteiger partial charge on any atom is -0.325 e. The van der Waals surface area contributed by atoms with Crippen LogP contribution in [-0.4, -0.2) is 46.9 Å². The first kappa shape index (κ1) is 24.0. The molecule has 2 aromatic carbocycles. The summed E-state index contributed by atoms with van der Waals surface area (Å²) in [7, 11) is -3.98. The van der Waals surface area contributed by atoms with E-state index < -0.39 is 27.6 Å². The van der Waals surface area contributed by atoms with Gasteiger partial charge in [0, 0.05) is 30.5 Å². The van der Waals surface area contributed by atoms with E-state index in [1.807, 2.05) is 26.0 Å². The van der Waals surface area contributed by atoms with Crippen LogP contribution in [0.2, 0.25) is 0 Å². The fraction of sp³-hybridized carbons (Fsp3) is 0.348. The zero-order valence-corrected chi connectivity index (χ0v) is 19.6. The van der Waals surface area contributed by atoms with Crippen molar-refractivity contribution >= 4 is 21.6 Å². The number of nitrogens with one attached hydrogen (secondary N) is 2. The summed E-state index contributed by atoms with van der Waals surface area (Å²) in [6, 6.07) is 9.72. The zero-order chi connectivity index (χ0) is 24.5. The number of halogens is 2. The van der Waals surface area contributed by atoms with Crippen LogP contribution < -0.4 is 5.32 Å². The van der Waals surface area contributed by atoms with Crippen LogP contribution in [0.5, 0.6) is 0 Å². The first-order chi connectivity index (χ1) is 16.2. The predicted octanol–water partition coefficient (Wildman–Crippen LogP) is 3.91. The second-order valence-electron chi connectivity index (χ2n) is 8.49. The topological polar surface area (TPSA) is 108 Å². The van der Waals surface area contributed by atoms with Gasteiger partial charge in [-0.1, -0.05) is 26.0 Å². The Morgan fingerprint density at radius 2 is 1.82 bits per heavy atom. The third-order valence-corrected chi connectivity index (χ3v) is 7.72. The molecule has 2 N–H and O–H groups in total. The highest BCUT2D eigenvalue weighted by Gasteiger charge is 2.33. The molecule has 0 saturated carbocycles. The van der Waals surface area contributed by atoms with Crippen molar-refractivity contribution in [3.8, 4) is 11.4 Å². The Hall–Kier alpha value is -3.18. The third kappa shape index (κ3) is 4.85. The molecular formula is C23H25F2N5O3S. The minimum absolute atomic E-state index is 0.0970. The fourth-order valence-corrected chi connectivity index (χ4v) is 5.30. The summed E-state index contributed by atoms with van der Waals surface area (Å²) < 4.78 is 53.5. The Bertz CT molecular complexity index is 1300. The Morgan fingerprint density at radius 3 is 2.47 bits per heavy atom. The highest BCUT2D eigenvalue weighted by atomic mass is 32.2. The number of H-pyrrole nitrogens is 1. The number of amides is 1. The summed E-state index contributed by atoms with van der Waals surface area (Å²) in [4.78, 5) is 17.1. The van der Waals surface area contributed by atoms with Crippen LogP contribution in [0.3, 0.4) is 0 Å². The van der Waals surface area contributed by atoms with Gasteiger partial charge in [0.25, 0.3) is 0 Å². The number of aromatic nitrogens is 3. The molecule has 0 atom stereocenters. The van der Waals surface area contributed by atoms with E-state index in [9.17, 15) is 22.0 Å². The van der Waals surface area contributed by atoms with Crippen molar-refractivity contribution in [1.29, 1.82) is 0 Å². The van der Waals surface area contributed by atoms with Gasteiger partial charge in [-0.2, -0.15) is 9.40 Å². The van der Waals surface area contributed by atoms with Crippen LogP contribution in [0, 0.1) is 17.6 Å². The van der Waals surface area contributed by atoms with Crippen molar-refractivity contribution in [1.82, 2.24) is 19.5 Å². The van der Waals surface area contributed by atoms with E-state index in [0.717, 1.165) is 18.0 Å². The van der Waals surface area contributed by atoms with Gasteiger partial charge >= 0.3 is 0 Å². The lowest BCUT2D eigenvalue weighted by Gasteiger charge is -2.30. The van der Waals surface area contributed by atoms with Crippen molar-refractivity contribution in [2.75, 3.05) is 18.4 Å². The first-order valence-electron chi connectivity index (χ1n) is 10.9. The molecule has 1 aliphatic rings. The summed E-state index contributed by atoms with van der Waals surface area (Å²) in [5.74, 6) is -1.56. The van der Waals surface area contributed by atoms with Crippen LogP contribution >= 0.6 is 0 Å². The zero-order valence-electron chi connectivity index (χ0n) is 18.8. The van der Waals surface area contributed by atoms with Gasteiger partial charge in [-0.25, -0.2) is 22.2 Å². The van der Waals surface area contributed by atoms with Gasteiger partial charge in [0.15, 0.2) is 17.5 Å². The number of benzene rings is 2. The third-order valence-electron chi connectivity index (χ3n) is 5.83. The van der Waals surface area contributed by atoms with Gasteiger partial charge in [-0.15, -0.1) is 0 Å². The van der Waals surface area contributed by atoms with Crippen LogP contribution in [0.4, 0.5) is 14.5 Å². The number of piperidine rings is 1. The molecule has 1 amide bonds. The molecule has 4 rings (SSSR count). The minimum atomic E-state index is -3.98. The monoisotopic (exact) mass is 489 g/mol. The summed E-state index contributed by atoms with van der Waals surface area (Å²) >= 11 is 0. The molecule has 180 valence electrons. The number of anilines is 1. The van der Waals surface area contributed by atoms with Crippen molar-refractivity contribution < 1.29 is 22.0 Å². The summed E-state index contributed by atoms with van der Waals surface area (Å²) in [6.07, 6.45) is 0.601. The number of sulfonamides is 1. The van der Waals surface area contributed by atoms with Crippen molar-refractivity contribution in [2.45, 2.75) is 37.5 Å². The number of hydrogen-bond donors (Lipinski definition) is 2. The van der Waals surface area contributed by atoms with Crippen LogP contribution in [-0.2, 0) is 14.8 Å². The number of nitrogens with zero attached hydrogens (tertiary/aromatic N) is 3. The fourth-order valence-electron chi connectivity index (χ4n) is 3.82. The predicted molar refractivity (Wildman–Crippen MR) is 122 cm³/mol. The maximum atomic E-state index is 13.5. The Morgan fingerprint density at radius 1 is 1.12 bits per heavy atom. The van der Waals surface area contributed by atoms with Gasteiger partial charge in [-0.05, 0) is 43.2 Å². The molecule has 1 aliphatic heterocycles. The van der Waals surface area contributed by atoms with Crippen LogP contribution in [0.25, 0.3) is 11.4 Å². The maximum Gasteiger partial charge on any atom is 0.243 e. The second kappa shape index (κ2) is 9.59. The molecule has 1 fully saturated rings. The lowest BCUT2D eigenvalue weighted by molar-refractivity contribution is -0.120. The molecule has 0 unspecified atom stereocenters. The van der Waals surface area contributed by atoms with E-state index in [0.29, 0.717) is 36.0 Å². The van der Waals surface area contributed by atoms with Crippen molar-refractivity contribution in [2.24, 2.45) is 5.92 Å². The number of carbonyl (C=O) groups excluding carboxylic acids is 1. The standard InChI is InChI=1S/C23H25F2N5O3S/c1-14(2)21-27-22(29-28-21)17-5-3-4-6-20(17)26-23(31)15-9-11-30(12-10-15)34(32,33)16-7-8-18(24)19(25)13-16/h3-8,13-15H,9-12H2,1-2H3,(H,26,31)(H,27,28,29). The average Bonchev–Trinajstić information content (AvgIpc) is 3.32. The molecule has 3 aromatic rings. The van der Waals surface area contributed by atoms with E-state index >= 15 is 0 Å². The molecule has 0 radical (unpaired) electrons. The average molecular weight is 490 g/mol. The summed E-state index contributed by atoms with van der Waals surface area (Å²) in [5.41, 5.74) is 1.25. The molecule has 1 aromatic heterocycles. The van der Waals surface area contributed by atoms with Crippen molar-refractivity contribution in [3.05, 3.63) is 59.9 Å². The highest BCUT2D eigenvalue weighted by molar-refractivity contribution is 7.89. The van der Waals surface area contributed by atoms with E-state index in [4.69, 9.17) is 0 Å². The normalized spacial score (nSPS) is 15.6. The van der Waals surface area contributed by atoms with E-state index in [1.165, 1.54) is 4.31 Å².